The highest BCUT2D eigenvalue weighted by molar-refractivity contribution is 7.75. The number of fused-ring (bicyclic) bond motifs is 4. The molecule has 2 aromatic rings. The van der Waals surface area contributed by atoms with Gasteiger partial charge >= 0.3 is 0 Å². The fraction of sp³-hybridized carbons (Fsp3) is 0.538. The number of hydrogen-bond donors (Lipinski definition) is 2. The van der Waals surface area contributed by atoms with Crippen molar-refractivity contribution in [2.75, 3.05) is 13.2 Å². The second-order valence-corrected chi connectivity index (χ2v) is 9.83. The van der Waals surface area contributed by atoms with Gasteiger partial charge in [-0.3, -0.25) is 18.8 Å². The predicted molar refractivity (Wildman–Crippen MR) is 132 cm³/mol. The average Bonchev–Trinajstić information content (AvgIpc) is 3.27. The lowest BCUT2D eigenvalue weighted by Gasteiger charge is -2.46. The maximum Gasteiger partial charge on any atom is 0.265 e. The number of nitrogens with zero attached hydrogens (tertiary/aromatic N) is 2. The number of ketones is 2. The minimum atomic E-state index is -1.83. The van der Waals surface area contributed by atoms with Crippen molar-refractivity contribution < 1.29 is 32.9 Å². The number of allylic oxidation sites excluding steroid dienone is 1. The van der Waals surface area contributed by atoms with Gasteiger partial charge in [-0.1, -0.05) is 26.7 Å². The number of unbranched alkanes of at least 4 members (excludes halogenated alkanes) is 2. The Bertz CT molecular complexity index is 1220. The van der Waals surface area contributed by atoms with E-state index in [1.54, 1.807) is 6.20 Å². The van der Waals surface area contributed by atoms with E-state index in [-0.39, 0.29) is 28.7 Å². The Morgan fingerprint density at radius 3 is 2.58 bits per heavy atom. The molecular weight excluding hydrogens is 484 g/mol. The molecule has 36 heavy (non-hydrogen) atoms. The van der Waals surface area contributed by atoms with Gasteiger partial charge in [-0.2, -0.15) is 0 Å². The third-order valence-electron chi connectivity index (χ3n) is 7.45. The fourth-order valence-corrected chi connectivity index (χ4v) is 5.91. The molecule has 0 aromatic carbocycles. The SMILES string of the molecule is CCCCOc1cncc2c1C(=O)C1=C(O)[C@]3(OS)C(=O)c4c(OCCCC)noc4CC3CC1C2. The number of thiol groups is 1. The minimum absolute atomic E-state index is 0.0737. The van der Waals surface area contributed by atoms with E-state index in [1.165, 1.54) is 6.20 Å². The Labute approximate surface area is 214 Å². The Morgan fingerprint density at radius 2 is 1.86 bits per heavy atom. The molecule has 2 heterocycles. The molecule has 0 saturated carbocycles. The van der Waals surface area contributed by atoms with E-state index >= 15 is 0 Å². The van der Waals surface area contributed by atoms with E-state index in [0.717, 1.165) is 31.2 Å². The van der Waals surface area contributed by atoms with Crippen molar-refractivity contribution in [1.29, 1.82) is 0 Å². The molecule has 0 bridgehead atoms. The van der Waals surface area contributed by atoms with Crippen LogP contribution in [0.5, 0.6) is 11.6 Å². The van der Waals surface area contributed by atoms with Gasteiger partial charge in [-0.05, 0) is 55.2 Å². The highest BCUT2D eigenvalue weighted by Gasteiger charge is 2.62. The summed E-state index contributed by atoms with van der Waals surface area (Å²) in [5.41, 5.74) is -0.382. The molecule has 0 saturated heterocycles. The molecular formula is C26H30N2O7S. The van der Waals surface area contributed by atoms with Gasteiger partial charge in [0.15, 0.2) is 11.5 Å². The Morgan fingerprint density at radius 1 is 1.11 bits per heavy atom. The molecule has 0 aliphatic heterocycles. The summed E-state index contributed by atoms with van der Waals surface area (Å²) in [6.07, 6.45) is 7.88. The van der Waals surface area contributed by atoms with Gasteiger partial charge in [-0.25, -0.2) is 0 Å². The van der Waals surface area contributed by atoms with Crippen molar-refractivity contribution in [3.05, 3.63) is 46.2 Å². The first kappa shape index (κ1) is 24.8. The Hall–Kier alpha value is -2.85. The molecule has 1 N–H and O–H groups in total. The van der Waals surface area contributed by atoms with Gasteiger partial charge in [0.2, 0.25) is 11.4 Å². The van der Waals surface area contributed by atoms with Crippen molar-refractivity contribution in [2.45, 2.75) is 64.4 Å². The van der Waals surface area contributed by atoms with Gasteiger partial charge in [0.25, 0.3) is 5.88 Å². The first-order valence-corrected chi connectivity index (χ1v) is 12.9. The van der Waals surface area contributed by atoms with Gasteiger partial charge in [0, 0.05) is 24.1 Å². The molecule has 0 fully saturated rings. The number of ether oxygens (including phenoxy) is 2. The van der Waals surface area contributed by atoms with Crippen LogP contribution in [0.2, 0.25) is 0 Å². The average molecular weight is 515 g/mol. The second-order valence-electron chi connectivity index (χ2n) is 9.65. The third-order valence-corrected chi connectivity index (χ3v) is 7.74. The number of pyridine rings is 1. The molecule has 3 aliphatic rings. The van der Waals surface area contributed by atoms with Crippen LogP contribution in [-0.2, 0) is 17.0 Å². The first-order valence-electron chi connectivity index (χ1n) is 12.5. The zero-order valence-corrected chi connectivity index (χ0v) is 21.3. The van der Waals surface area contributed by atoms with E-state index in [0.29, 0.717) is 49.5 Å². The number of aromatic nitrogens is 2. The van der Waals surface area contributed by atoms with Crippen LogP contribution in [0.3, 0.4) is 0 Å². The van der Waals surface area contributed by atoms with Crippen molar-refractivity contribution >= 4 is 24.5 Å². The van der Waals surface area contributed by atoms with Gasteiger partial charge in [0.1, 0.15) is 17.1 Å². The molecule has 3 aliphatic carbocycles. The molecule has 0 radical (unpaired) electrons. The molecule has 5 rings (SSSR count). The van der Waals surface area contributed by atoms with Gasteiger partial charge in [-0.15, -0.1) is 0 Å². The maximum atomic E-state index is 13.9. The smallest absolute Gasteiger partial charge is 0.265 e. The second kappa shape index (κ2) is 9.89. The topological polar surface area (TPSA) is 121 Å². The first-order chi connectivity index (χ1) is 17.5. The number of carbonyl (C=O) groups excluding carboxylic acids is 2. The molecule has 192 valence electrons. The summed E-state index contributed by atoms with van der Waals surface area (Å²) in [6, 6.07) is 0. The van der Waals surface area contributed by atoms with E-state index in [4.69, 9.17) is 18.2 Å². The fourth-order valence-electron chi connectivity index (χ4n) is 5.59. The van der Waals surface area contributed by atoms with Gasteiger partial charge < -0.3 is 19.1 Å². The highest BCUT2D eigenvalue weighted by atomic mass is 32.1. The van der Waals surface area contributed by atoms with Crippen molar-refractivity contribution in [3.8, 4) is 11.6 Å². The van der Waals surface area contributed by atoms with E-state index in [1.807, 2.05) is 6.92 Å². The van der Waals surface area contributed by atoms with Crippen LogP contribution in [0, 0.1) is 11.8 Å². The van der Waals surface area contributed by atoms with Crippen molar-refractivity contribution in [3.63, 3.8) is 0 Å². The van der Waals surface area contributed by atoms with Crippen LogP contribution < -0.4 is 9.47 Å². The van der Waals surface area contributed by atoms with Crippen LogP contribution in [0.15, 0.2) is 28.2 Å². The molecule has 0 spiro atoms. The van der Waals surface area contributed by atoms with Crippen molar-refractivity contribution in [1.82, 2.24) is 10.1 Å². The number of aliphatic hydroxyl groups is 1. The largest absolute Gasteiger partial charge is 0.508 e. The molecule has 9 nitrogen and oxygen atoms in total. The summed E-state index contributed by atoms with van der Waals surface area (Å²) in [5, 5.41) is 15.6. The predicted octanol–water partition coefficient (Wildman–Crippen LogP) is 4.65. The maximum absolute atomic E-state index is 13.9. The minimum Gasteiger partial charge on any atom is -0.508 e. The van der Waals surface area contributed by atoms with Crippen LogP contribution in [-0.4, -0.2) is 45.6 Å². The summed E-state index contributed by atoms with van der Waals surface area (Å²) in [4.78, 5) is 32.0. The number of Topliss-reactive ketones (excluding diaryl/α,β-unsaturated/α-hetero) is 2. The van der Waals surface area contributed by atoms with Crippen LogP contribution in [0.1, 0.15) is 78.0 Å². The van der Waals surface area contributed by atoms with Crippen LogP contribution >= 0.6 is 12.9 Å². The van der Waals surface area contributed by atoms with Crippen molar-refractivity contribution in [2.24, 2.45) is 11.8 Å². The van der Waals surface area contributed by atoms with E-state index in [9.17, 15) is 14.7 Å². The number of carbonyl (C=O) groups is 2. The Kier molecular flexibility index (Phi) is 6.82. The lowest BCUT2D eigenvalue weighted by Crippen LogP contribution is -2.56. The normalized spacial score (nSPS) is 24.6. The molecule has 10 heteroatoms. The Balaban J connectivity index is 1.57. The molecule has 0 amide bonds. The summed E-state index contributed by atoms with van der Waals surface area (Å²) in [5.74, 6) is -1.29. The molecule has 2 aromatic heterocycles. The monoisotopic (exact) mass is 514 g/mol. The van der Waals surface area contributed by atoms with E-state index in [2.05, 4.69) is 30.0 Å². The third kappa shape index (κ3) is 3.73. The van der Waals surface area contributed by atoms with Crippen LogP contribution in [0.25, 0.3) is 0 Å². The van der Waals surface area contributed by atoms with Crippen LogP contribution in [0.4, 0.5) is 0 Å². The summed E-state index contributed by atoms with van der Waals surface area (Å²) in [6.45, 7) is 4.91. The zero-order chi connectivity index (χ0) is 25.4. The van der Waals surface area contributed by atoms with E-state index < -0.39 is 23.1 Å². The molecule has 2 unspecified atom stereocenters. The summed E-state index contributed by atoms with van der Waals surface area (Å²) < 4.78 is 22.6. The quantitative estimate of drug-likeness (QED) is 0.280. The summed E-state index contributed by atoms with van der Waals surface area (Å²) >= 11 is 4.05. The number of rotatable bonds is 9. The number of aliphatic hydroxyl groups excluding tert-OH is 1. The highest BCUT2D eigenvalue weighted by Crippen LogP contribution is 2.53. The standard InChI is InChI=1S/C26H30N2O7S/c1-3-5-7-32-18-13-27-12-15-9-14-10-16-11-17-21(25(28-34-17)33-8-6-4-2)24(31)26(16,35-36)23(30)20(14)22(29)19(15)18/h12-14,16,30,36H,3-11H2,1-2H3/t14?,16?,26-/m0/s1. The van der Waals surface area contributed by atoms with Gasteiger partial charge in [0.05, 0.1) is 25.0 Å². The lowest BCUT2D eigenvalue weighted by molar-refractivity contribution is 0.00252. The zero-order valence-electron chi connectivity index (χ0n) is 20.4. The lowest BCUT2D eigenvalue weighted by atomic mass is 9.60. The molecule has 3 atom stereocenters. The number of hydrogen-bond acceptors (Lipinski definition) is 10. The summed E-state index contributed by atoms with van der Waals surface area (Å²) in [7, 11) is 0.